The van der Waals surface area contributed by atoms with Crippen LogP contribution in [-0.2, 0) is 14.3 Å². The van der Waals surface area contributed by atoms with Gasteiger partial charge in [-0.1, -0.05) is 12.1 Å². The van der Waals surface area contributed by atoms with Gasteiger partial charge >= 0.3 is 0 Å². The molecule has 9 nitrogen and oxygen atoms in total. The summed E-state index contributed by atoms with van der Waals surface area (Å²) in [6, 6.07) is 5.31. The summed E-state index contributed by atoms with van der Waals surface area (Å²) in [5.41, 5.74) is 5.49. The van der Waals surface area contributed by atoms with E-state index in [4.69, 9.17) is 10.5 Å². The number of nitrogens with two attached hydrogens (primary N) is 1. The number of amides is 4. The molecule has 0 spiro atoms. The molecule has 2 aliphatic heterocycles. The van der Waals surface area contributed by atoms with Gasteiger partial charge in [0.15, 0.2) is 0 Å². The van der Waals surface area contributed by atoms with Gasteiger partial charge in [-0.15, -0.1) is 0 Å². The van der Waals surface area contributed by atoms with E-state index < -0.39 is 23.8 Å². The van der Waals surface area contributed by atoms with E-state index in [1.807, 2.05) is 4.90 Å². The first-order valence-electron chi connectivity index (χ1n) is 8.81. The summed E-state index contributed by atoms with van der Waals surface area (Å²) in [6.45, 7) is 2.58. The minimum atomic E-state index is -0.822. The van der Waals surface area contributed by atoms with Crippen LogP contribution >= 0.6 is 0 Å². The monoisotopic (exact) mass is 374 g/mol. The van der Waals surface area contributed by atoms with Crippen molar-refractivity contribution in [2.24, 2.45) is 5.73 Å². The van der Waals surface area contributed by atoms with Crippen molar-refractivity contribution in [2.75, 3.05) is 33.0 Å². The average Bonchev–Trinajstić information content (AvgIpc) is 2.68. The van der Waals surface area contributed by atoms with Crippen molar-refractivity contribution in [3.05, 3.63) is 35.4 Å². The van der Waals surface area contributed by atoms with Crippen molar-refractivity contribution in [3.63, 3.8) is 0 Å². The number of hydrogen-bond donors (Lipinski definition) is 2. The second-order valence-electron chi connectivity index (χ2n) is 6.51. The van der Waals surface area contributed by atoms with Crippen LogP contribution in [-0.4, -0.2) is 72.4 Å². The van der Waals surface area contributed by atoms with E-state index in [2.05, 4.69) is 5.32 Å². The van der Waals surface area contributed by atoms with E-state index in [0.717, 1.165) is 0 Å². The second-order valence-corrected chi connectivity index (χ2v) is 6.51. The van der Waals surface area contributed by atoms with Crippen LogP contribution in [0.1, 0.15) is 33.6 Å². The van der Waals surface area contributed by atoms with E-state index in [1.54, 1.807) is 12.1 Å². The highest BCUT2D eigenvalue weighted by molar-refractivity contribution is 6.08. The molecule has 2 aliphatic rings. The maximum Gasteiger partial charge on any atom is 0.252 e. The van der Waals surface area contributed by atoms with Gasteiger partial charge in [-0.25, -0.2) is 0 Å². The number of likely N-dealkylation sites (tertiary alicyclic amines) is 1. The van der Waals surface area contributed by atoms with Crippen LogP contribution in [0, 0.1) is 0 Å². The lowest BCUT2D eigenvalue weighted by molar-refractivity contribution is -0.153. The maximum absolute atomic E-state index is 12.7. The number of nitrogens with one attached hydrogen (secondary N) is 1. The van der Waals surface area contributed by atoms with Gasteiger partial charge in [0.1, 0.15) is 6.04 Å². The molecule has 2 fully saturated rings. The number of hydrogen-bond acceptors (Lipinski definition) is 6. The van der Waals surface area contributed by atoms with Gasteiger partial charge in [0.05, 0.1) is 31.0 Å². The standard InChI is InChI=1S/C18H22N4O5/c19-16(24)12-3-1-2-4-13(12)17(25)20-14-5-6-15(23)22(18(14)26)11-21-7-9-27-10-8-21/h1-4,14H,5-11H2,(H2,19,24)(H,20,25)/t14-/m0/s1. The summed E-state index contributed by atoms with van der Waals surface area (Å²) < 4.78 is 5.27. The topological polar surface area (TPSA) is 122 Å². The van der Waals surface area contributed by atoms with Crippen LogP contribution < -0.4 is 11.1 Å². The highest BCUT2D eigenvalue weighted by Gasteiger charge is 2.36. The number of rotatable bonds is 5. The molecule has 3 rings (SSSR count). The zero-order valence-electron chi connectivity index (χ0n) is 14.8. The minimum absolute atomic E-state index is 0.0829. The van der Waals surface area contributed by atoms with Crippen molar-refractivity contribution in [2.45, 2.75) is 18.9 Å². The largest absolute Gasteiger partial charge is 0.379 e. The molecule has 4 amide bonds. The Hall–Kier alpha value is -2.78. The fourth-order valence-electron chi connectivity index (χ4n) is 3.19. The molecule has 0 radical (unpaired) electrons. The first-order valence-corrected chi connectivity index (χ1v) is 8.81. The van der Waals surface area contributed by atoms with Crippen molar-refractivity contribution >= 4 is 23.6 Å². The zero-order chi connectivity index (χ0) is 19.4. The fourth-order valence-corrected chi connectivity index (χ4v) is 3.19. The highest BCUT2D eigenvalue weighted by atomic mass is 16.5. The lowest BCUT2D eigenvalue weighted by Gasteiger charge is -2.36. The second kappa shape index (κ2) is 8.28. The van der Waals surface area contributed by atoms with Crippen LogP contribution in [0.25, 0.3) is 0 Å². The van der Waals surface area contributed by atoms with Crippen LogP contribution in [0.3, 0.4) is 0 Å². The number of morpholine rings is 1. The third kappa shape index (κ3) is 4.32. The predicted molar refractivity (Wildman–Crippen MR) is 94.6 cm³/mol. The van der Waals surface area contributed by atoms with E-state index in [1.165, 1.54) is 17.0 Å². The molecule has 3 N–H and O–H groups in total. The Labute approximate surface area is 156 Å². The molecule has 1 aromatic rings. The van der Waals surface area contributed by atoms with Gasteiger partial charge < -0.3 is 15.8 Å². The summed E-state index contributed by atoms with van der Waals surface area (Å²) in [5.74, 6) is -1.99. The number of benzene rings is 1. The third-order valence-corrected chi connectivity index (χ3v) is 4.70. The summed E-state index contributed by atoms with van der Waals surface area (Å²) >= 11 is 0. The number of ether oxygens (including phenoxy) is 1. The predicted octanol–water partition coefficient (Wildman–Crippen LogP) is -0.677. The van der Waals surface area contributed by atoms with Gasteiger partial charge in [-0.2, -0.15) is 0 Å². The Morgan fingerprint density at radius 2 is 1.81 bits per heavy atom. The minimum Gasteiger partial charge on any atom is -0.379 e. The van der Waals surface area contributed by atoms with Crippen molar-refractivity contribution in [3.8, 4) is 0 Å². The van der Waals surface area contributed by atoms with Crippen molar-refractivity contribution in [1.82, 2.24) is 15.1 Å². The van der Waals surface area contributed by atoms with E-state index in [9.17, 15) is 19.2 Å². The van der Waals surface area contributed by atoms with Gasteiger partial charge in [0.2, 0.25) is 11.8 Å². The highest BCUT2D eigenvalue weighted by Crippen LogP contribution is 2.16. The molecule has 1 atom stereocenters. The molecule has 0 aromatic heterocycles. The third-order valence-electron chi connectivity index (χ3n) is 4.70. The molecule has 27 heavy (non-hydrogen) atoms. The van der Waals surface area contributed by atoms with Crippen molar-refractivity contribution < 1.29 is 23.9 Å². The van der Waals surface area contributed by atoms with Crippen LogP contribution in [0.15, 0.2) is 24.3 Å². The van der Waals surface area contributed by atoms with Crippen molar-refractivity contribution in [1.29, 1.82) is 0 Å². The molecule has 0 saturated carbocycles. The number of imide groups is 1. The zero-order valence-corrected chi connectivity index (χ0v) is 14.8. The normalized spacial score (nSPS) is 21.2. The smallest absolute Gasteiger partial charge is 0.252 e. The van der Waals surface area contributed by atoms with Crippen LogP contribution in [0.5, 0.6) is 0 Å². The molecular weight excluding hydrogens is 352 g/mol. The Morgan fingerprint density at radius 1 is 1.15 bits per heavy atom. The summed E-state index contributed by atoms with van der Waals surface area (Å²) in [6.07, 6.45) is 0.389. The average molecular weight is 374 g/mol. The van der Waals surface area contributed by atoms with Gasteiger partial charge in [0, 0.05) is 19.5 Å². The van der Waals surface area contributed by atoms with Gasteiger partial charge in [-0.3, -0.25) is 29.0 Å². The fraction of sp³-hybridized carbons (Fsp3) is 0.444. The molecule has 0 unspecified atom stereocenters. The Bertz CT molecular complexity index is 760. The molecule has 0 bridgehead atoms. The number of nitrogens with zero attached hydrogens (tertiary/aromatic N) is 2. The van der Waals surface area contributed by atoms with Crippen LogP contribution in [0.4, 0.5) is 0 Å². The SMILES string of the molecule is NC(=O)c1ccccc1C(=O)N[C@H]1CCC(=O)N(CN2CCOCC2)C1=O. The molecule has 2 saturated heterocycles. The first kappa shape index (κ1) is 19.0. The number of primary amides is 1. The molecule has 9 heteroatoms. The number of piperidine rings is 1. The maximum atomic E-state index is 12.7. The summed E-state index contributed by atoms with van der Waals surface area (Å²) in [4.78, 5) is 52.1. The molecule has 1 aromatic carbocycles. The number of carbonyl (C=O) groups excluding carboxylic acids is 4. The molecule has 144 valence electrons. The summed E-state index contributed by atoms with van der Waals surface area (Å²) in [7, 11) is 0. The van der Waals surface area contributed by atoms with Crippen LogP contribution in [0.2, 0.25) is 0 Å². The lowest BCUT2D eigenvalue weighted by Crippen LogP contribution is -2.58. The molecular formula is C18H22N4O5. The Morgan fingerprint density at radius 3 is 2.48 bits per heavy atom. The van der Waals surface area contributed by atoms with Gasteiger partial charge in [0.25, 0.3) is 11.8 Å². The quantitative estimate of drug-likeness (QED) is 0.659. The van der Waals surface area contributed by atoms with E-state index in [0.29, 0.717) is 26.3 Å². The van der Waals surface area contributed by atoms with E-state index >= 15 is 0 Å². The Kier molecular flexibility index (Phi) is 5.82. The van der Waals surface area contributed by atoms with Gasteiger partial charge in [-0.05, 0) is 18.6 Å². The number of carbonyl (C=O) groups is 4. The van der Waals surface area contributed by atoms with E-state index in [-0.39, 0.29) is 36.5 Å². The summed E-state index contributed by atoms with van der Waals surface area (Å²) in [5, 5.41) is 2.63. The first-order chi connectivity index (χ1) is 13.0. The Balaban J connectivity index is 1.69. The molecule has 2 heterocycles. The molecule has 0 aliphatic carbocycles. The lowest BCUT2D eigenvalue weighted by atomic mass is 10.0.